The second-order valence-electron chi connectivity index (χ2n) is 5.32. The molecule has 0 aliphatic heterocycles. The topological polar surface area (TPSA) is 83.6 Å². The van der Waals surface area contributed by atoms with E-state index in [9.17, 15) is 4.79 Å². The Labute approximate surface area is 144 Å². The molecule has 3 rings (SSSR count). The van der Waals surface area contributed by atoms with E-state index in [0.717, 1.165) is 22.5 Å². The van der Waals surface area contributed by atoms with E-state index in [1.165, 1.54) is 0 Å². The number of pyridine rings is 2. The van der Waals surface area contributed by atoms with Crippen molar-refractivity contribution in [3.63, 3.8) is 0 Å². The van der Waals surface area contributed by atoms with Crippen LogP contribution in [-0.4, -0.2) is 26.1 Å². The van der Waals surface area contributed by atoms with Gasteiger partial charge in [0.05, 0.1) is 10.7 Å². The fraction of sp³-hybridized carbons (Fsp3) is 0.176. The summed E-state index contributed by atoms with van der Waals surface area (Å²) < 4.78 is 0. The van der Waals surface area contributed by atoms with E-state index in [4.69, 9.17) is 11.6 Å². The van der Waals surface area contributed by atoms with Crippen molar-refractivity contribution in [1.82, 2.24) is 20.2 Å². The van der Waals surface area contributed by atoms with Gasteiger partial charge in [0.25, 0.3) is 0 Å². The molecule has 0 aliphatic carbocycles. The summed E-state index contributed by atoms with van der Waals surface area (Å²) in [6.45, 7) is 1.91. The maximum absolute atomic E-state index is 12.1. The lowest BCUT2D eigenvalue weighted by molar-refractivity contribution is -0.116. The van der Waals surface area contributed by atoms with E-state index in [1.807, 2.05) is 25.1 Å². The van der Waals surface area contributed by atoms with Gasteiger partial charge in [-0.3, -0.25) is 19.9 Å². The molecule has 0 bridgehead atoms. The molecule has 7 heteroatoms. The van der Waals surface area contributed by atoms with E-state index in [-0.39, 0.29) is 5.91 Å². The lowest BCUT2D eigenvalue weighted by atomic mass is 10.1. The van der Waals surface area contributed by atoms with Gasteiger partial charge < -0.3 is 5.32 Å². The number of hydrogen-bond acceptors (Lipinski definition) is 4. The van der Waals surface area contributed by atoms with Crippen LogP contribution < -0.4 is 5.32 Å². The lowest BCUT2D eigenvalue weighted by Crippen LogP contribution is -2.13. The summed E-state index contributed by atoms with van der Waals surface area (Å²) in [5.74, 6) is 0.429. The van der Waals surface area contributed by atoms with Gasteiger partial charge in [-0.25, -0.2) is 0 Å². The van der Waals surface area contributed by atoms with Crippen molar-refractivity contribution < 1.29 is 4.79 Å². The minimum Gasteiger partial charge on any atom is -0.309 e. The molecule has 3 heterocycles. The van der Waals surface area contributed by atoms with Gasteiger partial charge in [0.2, 0.25) is 5.91 Å². The monoisotopic (exact) mass is 341 g/mol. The van der Waals surface area contributed by atoms with Crippen LogP contribution in [-0.2, 0) is 11.2 Å². The van der Waals surface area contributed by atoms with Crippen LogP contribution in [0.2, 0.25) is 5.02 Å². The molecule has 1 amide bonds. The van der Waals surface area contributed by atoms with Gasteiger partial charge in [0, 0.05) is 41.8 Å². The summed E-state index contributed by atoms with van der Waals surface area (Å²) in [7, 11) is 0. The second-order valence-corrected chi connectivity index (χ2v) is 5.76. The Morgan fingerprint density at radius 2 is 2.04 bits per heavy atom. The van der Waals surface area contributed by atoms with Gasteiger partial charge in [0.1, 0.15) is 0 Å². The van der Waals surface area contributed by atoms with Crippen molar-refractivity contribution in [2.45, 2.75) is 19.8 Å². The summed E-state index contributed by atoms with van der Waals surface area (Å²) >= 11 is 5.79. The van der Waals surface area contributed by atoms with Crippen LogP contribution in [0.1, 0.15) is 17.7 Å². The Kier molecular flexibility index (Phi) is 4.86. The van der Waals surface area contributed by atoms with Gasteiger partial charge >= 0.3 is 0 Å². The Morgan fingerprint density at radius 1 is 1.25 bits per heavy atom. The van der Waals surface area contributed by atoms with Crippen molar-refractivity contribution in [1.29, 1.82) is 0 Å². The third kappa shape index (κ3) is 3.78. The number of halogens is 1. The van der Waals surface area contributed by atoms with E-state index >= 15 is 0 Å². The van der Waals surface area contributed by atoms with Gasteiger partial charge in [-0.15, -0.1) is 0 Å². The molecule has 3 aromatic heterocycles. The van der Waals surface area contributed by atoms with Crippen LogP contribution in [0.3, 0.4) is 0 Å². The average molecular weight is 342 g/mol. The fourth-order valence-electron chi connectivity index (χ4n) is 2.31. The zero-order valence-corrected chi connectivity index (χ0v) is 13.8. The summed E-state index contributed by atoms with van der Waals surface area (Å²) in [5, 5.41) is 10.6. The molecule has 0 aliphatic rings. The molecule has 0 saturated heterocycles. The molecule has 24 heavy (non-hydrogen) atoms. The predicted molar refractivity (Wildman–Crippen MR) is 92.8 cm³/mol. The van der Waals surface area contributed by atoms with Crippen molar-refractivity contribution in [3.05, 3.63) is 59.1 Å². The molecule has 0 aromatic carbocycles. The number of hydrogen-bond donors (Lipinski definition) is 2. The summed E-state index contributed by atoms with van der Waals surface area (Å²) in [6, 6.07) is 7.36. The highest BCUT2D eigenvalue weighted by Crippen LogP contribution is 2.25. The molecule has 6 nitrogen and oxygen atoms in total. The molecule has 0 atom stereocenters. The van der Waals surface area contributed by atoms with Gasteiger partial charge in [-0.1, -0.05) is 11.6 Å². The number of nitrogens with zero attached hydrogens (tertiary/aromatic N) is 3. The lowest BCUT2D eigenvalue weighted by Gasteiger charge is -2.04. The third-order valence-electron chi connectivity index (χ3n) is 3.63. The first-order chi connectivity index (χ1) is 11.6. The Bertz CT molecular complexity index is 830. The van der Waals surface area contributed by atoms with Crippen LogP contribution in [0, 0.1) is 6.92 Å². The first-order valence-electron chi connectivity index (χ1n) is 7.49. The third-order valence-corrected chi connectivity index (χ3v) is 3.86. The number of aromatic nitrogens is 4. The first kappa shape index (κ1) is 16.1. The molecule has 2 N–H and O–H groups in total. The molecule has 0 radical (unpaired) electrons. The van der Waals surface area contributed by atoms with E-state index in [1.54, 1.807) is 24.7 Å². The van der Waals surface area contributed by atoms with Crippen molar-refractivity contribution in [2.75, 3.05) is 5.32 Å². The molecule has 0 spiro atoms. The zero-order valence-electron chi connectivity index (χ0n) is 13.1. The minimum absolute atomic E-state index is 0.109. The van der Waals surface area contributed by atoms with E-state index in [2.05, 4.69) is 25.5 Å². The standard InChI is InChI=1S/C17H16ClN5O/c1-11-16(12-6-8-19-9-7-12)22-23-17(11)21-15(24)5-4-14-3-2-13(18)10-20-14/h2-3,6-10H,4-5H2,1H3,(H2,21,22,23,24). The number of anilines is 1. The maximum atomic E-state index is 12.1. The zero-order chi connectivity index (χ0) is 16.9. The Balaban J connectivity index is 1.63. The largest absolute Gasteiger partial charge is 0.309 e. The normalized spacial score (nSPS) is 10.6. The number of nitrogens with one attached hydrogen (secondary N) is 2. The maximum Gasteiger partial charge on any atom is 0.225 e. The summed E-state index contributed by atoms with van der Waals surface area (Å²) in [4.78, 5) is 20.3. The molecular formula is C17H16ClN5O. The van der Waals surface area contributed by atoms with Crippen molar-refractivity contribution >= 4 is 23.3 Å². The highest BCUT2D eigenvalue weighted by Gasteiger charge is 2.13. The van der Waals surface area contributed by atoms with E-state index in [0.29, 0.717) is 23.7 Å². The molecule has 0 saturated carbocycles. The van der Waals surface area contributed by atoms with E-state index < -0.39 is 0 Å². The highest BCUT2D eigenvalue weighted by atomic mass is 35.5. The molecule has 0 unspecified atom stereocenters. The van der Waals surface area contributed by atoms with Gasteiger partial charge in [-0.2, -0.15) is 5.10 Å². The van der Waals surface area contributed by atoms with Gasteiger partial charge in [-0.05, 0) is 37.6 Å². The minimum atomic E-state index is -0.109. The van der Waals surface area contributed by atoms with Crippen LogP contribution in [0.15, 0.2) is 42.9 Å². The van der Waals surface area contributed by atoms with Crippen LogP contribution >= 0.6 is 11.6 Å². The SMILES string of the molecule is Cc1c(NC(=O)CCc2ccc(Cl)cn2)n[nH]c1-c1ccncc1. The number of carbonyl (C=O) groups is 1. The quantitative estimate of drug-likeness (QED) is 0.745. The Hall–Kier alpha value is -2.73. The number of carbonyl (C=O) groups excluding carboxylic acids is 1. The first-order valence-corrected chi connectivity index (χ1v) is 7.87. The average Bonchev–Trinajstić information content (AvgIpc) is 2.96. The van der Waals surface area contributed by atoms with Crippen LogP contribution in [0.5, 0.6) is 0 Å². The number of aromatic amines is 1. The molecule has 0 fully saturated rings. The van der Waals surface area contributed by atoms with Crippen LogP contribution in [0.25, 0.3) is 11.3 Å². The second kappa shape index (κ2) is 7.23. The molecular weight excluding hydrogens is 326 g/mol. The molecule has 122 valence electrons. The predicted octanol–water partition coefficient (Wildman–Crippen LogP) is 3.40. The van der Waals surface area contributed by atoms with Crippen molar-refractivity contribution in [2.24, 2.45) is 0 Å². The highest BCUT2D eigenvalue weighted by molar-refractivity contribution is 6.30. The number of amides is 1. The fourth-order valence-corrected chi connectivity index (χ4v) is 2.42. The van der Waals surface area contributed by atoms with Gasteiger partial charge in [0.15, 0.2) is 5.82 Å². The number of aryl methyl sites for hydroxylation is 1. The Morgan fingerprint density at radius 3 is 2.75 bits per heavy atom. The molecule has 3 aromatic rings. The van der Waals surface area contributed by atoms with Crippen molar-refractivity contribution in [3.8, 4) is 11.3 Å². The smallest absolute Gasteiger partial charge is 0.225 e. The summed E-state index contributed by atoms with van der Waals surface area (Å²) in [6.07, 6.45) is 5.88. The van der Waals surface area contributed by atoms with Crippen LogP contribution in [0.4, 0.5) is 5.82 Å². The number of rotatable bonds is 5. The summed E-state index contributed by atoms with van der Waals surface area (Å²) in [5.41, 5.74) is 3.55. The number of H-pyrrole nitrogens is 1.